The van der Waals surface area contributed by atoms with Gasteiger partial charge in [-0.3, -0.25) is 9.78 Å². The van der Waals surface area contributed by atoms with Crippen LogP contribution in [-0.4, -0.2) is 26.3 Å². The molecule has 3 aromatic heterocycles. The number of aromatic nitrogens is 4. The summed E-state index contributed by atoms with van der Waals surface area (Å²) in [5.41, 5.74) is 0.561. The molecule has 0 unspecified atom stereocenters. The lowest BCUT2D eigenvalue weighted by atomic mass is 10.2. The van der Waals surface area contributed by atoms with Crippen molar-refractivity contribution in [3.8, 4) is 0 Å². The highest BCUT2D eigenvalue weighted by atomic mass is 16.5. The molecule has 1 aliphatic rings. The Hall–Kier alpha value is -2.54. The van der Waals surface area contributed by atoms with Gasteiger partial charge in [0.25, 0.3) is 11.4 Å². The van der Waals surface area contributed by atoms with Crippen LogP contribution in [0.3, 0.4) is 0 Å². The fourth-order valence-corrected chi connectivity index (χ4v) is 2.63. The zero-order chi connectivity index (χ0) is 14.9. The minimum absolute atomic E-state index is 0.112. The standard InChI is InChI=1S/C15H14N4O3/c20-15-10-3-1-6-16-11(10)5-7-19(15)9-13-17-14(22-18-13)12-4-2-8-21-12/h1,3,5-7,12H,2,4,8-9H2/t12-/m1/s1. The molecule has 0 saturated carbocycles. The Morgan fingerprint density at radius 2 is 2.32 bits per heavy atom. The third kappa shape index (κ3) is 2.29. The molecule has 0 bridgehead atoms. The van der Waals surface area contributed by atoms with E-state index in [1.807, 2.05) is 0 Å². The number of nitrogens with zero attached hydrogens (tertiary/aromatic N) is 4. The molecule has 1 atom stereocenters. The predicted molar refractivity (Wildman–Crippen MR) is 77.3 cm³/mol. The van der Waals surface area contributed by atoms with Crippen LogP contribution in [0.4, 0.5) is 0 Å². The van der Waals surface area contributed by atoms with Crippen molar-refractivity contribution in [1.29, 1.82) is 0 Å². The highest BCUT2D eigenvalue weighted by Crippen LogP contribution is 2.26. The second-order valence-electron chi connectivity index (χ2n) is 5.24. The van der Waals surface area contributed by atoms with E-state index in [1.165, 1.54) is 0 Å². The third-order valence-corrected chi connectivity index (χ3v) is 3.74. The summed E-state index contributed by atoms with van der Waals surface area (Å²) in [6.45, 7) is 0.986. The summed E-state index contributed by atoms with van der Waals surface area (Å²) in [5.74, 6) is 0.957. The average Bonchev–Trinajstić information content (AvgIpc) is 3.21. The molecule has 4 heterocycles. The maximum atomic E-state index is 12.4. The smallest absolute Gasteiger partial charge is 0.260 e. The first-order valence-electron chi connectivity index (χ1n) is 7.19. The van der Waals surface area contributed by atoms with Crippen molar-refractivity contribution in [3.05, 3.63) is 52.7 Å². The average molecular weight is 298 g/mol. The van der Waals surface area contributed by atoms with Gasteiger partial charge in [0.05, 0.1) is 17.4 Å². The summed E-state index contributed by atoms with van der Waals surface area (Å²) in [4.78, 5) is 20.9. The molecule has 0 amide bonds. The van der Waals surface area contributed by atoms with E-state index in [4.69, 9.17) is 9.26 Å². The van der Waals surface area contributed by atoms with Gasteiger partial charge >= 0.3 is 0 Å². The van der Waals surface area contributed by atoms with Gasteiger partial charge in [-0.1, -0.05) is 5.16 Å². The van der Waals surface area contributed by atoms with Gasteiger partial charge < -0.3 is 13.8 Å². The molecular weight excluding hydrogens is 284 g/mol. The Kier molecular flexibility index (Phi) is 3.19. The van der Waals surface area contributed by atoms with E-state index in [9.17, 15) is 4.79 Å². The Morgan fingerprint density at radius 1 is 1.36 bits per heavy atom. The maximum Gasteiger partial charge on any atom is 0.260 e. The van der Waals surface area contributed by atoms with Crippen LogP contribution in [0.25, 0.3) is 10.9 Å². The molecule has 22 heavy (non-hydrogen) atoms. The SMILES string of the molecule is O=c1c2cccnc2ccn1Cc1noc([C@H]2CCCO2)n1. The lowest BCUT2D eigenvalue weighted by molar-refractivity contribution is 0.0835. The van der Waals surface area contributed by atoms with Crippen molar-refractivity contribution >= 4 is 10.9 Å². The van der Waals surface area contributed by atoms with E-state index in [0.717, 1.165) is 19.4 Å². The molecule has 0 N–H and O–H groups in total. The van der Waals surface area contributed by atoms with Gasteiger partial charge in [0, 0.05) is 19.0 Å². The van der Waals surface area contributed by atoms with Crippen molar-refractivity contribution in [2.45, 2.75) is 25.5 Å². The summed E-state index contributed by atoms with van der Waals surface area (Å²) in [7, 11) is 0. The van der Waals surface area contributed by atoms with E-state index in [2.05, 4.69) is 15.1 Å². The molecule has 4 rings (SSSR count). The molecule has 0 spiro atoms. The van der Waals surface area contributed by atoms with Gasteiger partial charge in [0.2, 0.25) is 0 Å². The second kappa shape index (κ2) is 5.34. The van der Waals surface area contributed by atoms with Crippen LogP contribution in [0, 0.1) is 0 Å². The van der Waals surface area contributed by atoms with Gasteiger partial charge in [-0.15, -0.1) is 0 Å². The lowest BCUT2D eigenvalue weighted by Crippen LogP contribution is -2.20. The summed E-state index contributed by atoms with van der Waals surface area (Å²) in [6.07, 6.45) is 5.14. The topological polar surface area (TPSA) is 83.0 Å². The fraction of sp³-hybridized carbons (Fsp3) is 0.333. The van der Waals surface area contributed by atoms with Crippen LogP contribution >= 0.6 is 0 Å². The zero-order valence-corrected chi connectivity index (χ0v) is 11.8. The highest BCUT2D eigenvalue weighted by molar-refractivity contribution is 5.76. The third-order valence-electron chi connectivity index (χ3n) is 3.74. The number of rotatable bonds is 3. The minimum atomic E-state index is -0.117. The molecule has 1 aliphatic heterocycles. The van der Waals surface area contributed by atoms with Gasteiger partial charge in [0.15, 0.2) is 5.82 Å². The van der Waals surface area contributed by atoms with Crippen molar-refractivity contribution in [1.82, 2.24) is 19.7 Å². The lowest BCUT2D eigenvalue weighted by Gasteiger charge is -2.03. The van der Waals surface area contributed by atoms with Crippen LogP contribution in [-0.2, 0) is 11.3 Å². The summed E-state index contributed by atoms with van der Waals surface area (Å²) in [6, 6.07) is 5.31. The number of pyridine rings is 2. The molecule has 7 nitrogen and oxygen atoms in total. The molecule has 0 aromatic carbocycles. The van der Waals surface area contributed by atoms with Gasteiger partial charge in [0.1, 0.15) is 6.10 Å². The Morgan fingerprint density at radius 3 is 3.18 bits per heavy atom. The van der Waals surface area contributed by atoms with Crippen LogP contribution in [0.1, 0.15) is 30.7 Å². The van der Waals surface area contributed by atoms with E-state index < -0.39 is 0 Å². The zero-order valence-electron chi connectivity index (χ0n) is 11.8. The van der Waals surface area contributed by atoms with Crippen LogP contribution in [0.15, 0.2) is 39.9 Å². The van der Waals surface area contributed by atoms with Crippen molar-refractivity contribution < 1.29 is 9.26 Å². The quantitative estimate of drug-likeness (QED) is 0.731. The Balaban J connectivity index is 1.63. The Labute approximate surface area is 125 Å². The molecular formula is C15H14N4O3. The van der Waals surface area contributed by atoms with E-state index in [1.54, 1.807) is 35.2 Å². The summed E-state index contributed by atoms with van der Waals surface area (Å²) in [5, 5.41) is 4.51. The fourth-order valence-electron chi connectivity index (χ4n) is 2.63. The first-order chi connectivity index (χ1) is 10.8. The molecule has 3 aromatic rings. The largest absolute Gasteiger partial charge is 0.368 e. The molecule has 0 aliphatic carbocycles. The highest BCUT2D eigenvalue weighted by Gasteiger charge is 2.23. The monoisotopic (exact) mass is 298 g/mol. The van der Waals surface area contributed by atoms with Crippen molar-refractivity contribution in [3.63, 3.8) is 0 Å². The van der Waals surface area contributed by atoms with E-state index in [-0.39, 0.29) is 18.2 Å². The number of hydrogen-bond donors (Lipinski definition) is 0. The van der Waals surface area contributed by atoms with Crippen molar-refractivity contribution in [2.75, 3.05) is 6.61 Å². The number of ether oxygens (including phenoxy) is 1. The molecule has 0 radical (unpaired) electrons. The summed E-state index contributed by atoms with van der Waals surface area (Å²) < 4.78 is 12.3. The molecule has 7 heteroatoms. The van der Waals surface area contributed by atoms with Crippen LogP contribution < -0.4 is 5.56 Å². The van der Waals surface area contributed by atoms with Gasteiger partial charge in [-0.2, -0.15) is 4.98 Å². The first-order valence-corrected chi connectivity index (χ1v) is 7.19. The van der Waals surface area contributed by atoms with Crippen molar-refractivity contribution in [2.24, 2.45) is 0 Å². The van der Waals surface area contributed by atoms with Crippen LogP contribution in [0.5, 0.6) is 0 Å². The predicted octanol–water partition coefficient (Wildman–Crippen LogP) is 1.68. The molecule has 1 saturated heterocycles. The normalized spacial score (nSPS) is 18.1. The molecule has 1 fully saturated rings. The van der Waals surface area contributed by atoms with E-state index in [0.29, 0.717) is 22.6 Å². The Bertz CT molecular complexity index is 864. The summed E-state index contributed by atoms with van der Waals surface area (Å²) >= 11 is 0. The first kappa shape index (κ1) is 13.1. The van der Waals surface area contributed by atoms with E-state index >= 15 is 0 Å². The minimum Gasteiger partial charge on any atom is -0.368 e. The number of fused-ring (bicyclic) bond motifs is 1. The second-order valence-corrected chi connectivity index (χ2v) is 5.24. The molecule has 112 valence electrons. The van der Waals surface area contributed by atoms with Gasteiger partial charge in [-0.05, 0) is 31.0 Å². The van der Waals surface area contributed by atoms with Gasteiger partial charge in [-0.25, -0.2) is 0 Å². The number of hydrogen-bond acceptors (Lipinski definition) is 6. The maximum absolute atomic E-state index is 12.4. The van der Waals surface area contributed by atoms with Crippen LogP contribution in [0.2, 0.25) is 0 Å².